The van der Waals surface area contributed by atoms with E-state index in [-0.39, 0.29) is 42.4 Å². The van der Waals surface area contributed by atoms with Crippen LogP contribution in [0.4, 0.5) is 4.79 Å². The maximum atomic E-state index is 12.4. The highest BCUT2D eigenvalue weighted by atomic mass is 16.2. The second-order valence-corrected chi connectivity index (χ2v) is 8.75. The summed E-state index contributed by atoms with van der Waals surface area (Å²) in [6.45, 7) is 1.78. The number of nitrogens with zero attached hydrogens (tertiary/aromatic N) is 1. The molecule has 0 unspecified atom stereocenters. The van der Waals surface area contributed by atoms with Crippen LogP contribution in [0.2, 0.25) is 0 Å². The first-order valence-corrected chi connectivity index (χ1v) is 11.2. The Morgan fingerprint density at radius 3 is 1.93 bits per heavy atom. The monoisotopic (exact) mass is 392 g/mol. The summed E-state index contributed by atoms with van der Waals surface area (Å²) in [6, 6.07) is 0.0416. The van der Waals surface area contributed by atoms with Crippen LogP contribution < -0.4 is 16.0 Å². The van der Waals surface area contributed by atoms with Crippen LogP contribution in [0.5, 0.6) is 0 Å². The molecule has 7 heteroatoms. The normalized spacial score (nSPS) is 23.1. The number of hydrogen-bond donors (Lipinski definition) is 3. The van der Waals surface area contributed by atoms with Crippen LogP contribution in [0.1, 0.15) is 77.0 Å². The lowest BCUT2D eigenvalue weighted by Gasteiger charge is -2.33. The lowest BCUT2D eigenvalue weighted by atomic mass is 9.88. The molecule has 3 aliphatic rings. The SMILES string of the molecule is O=C(CN1CCC(NC(=O)C2CCCCC2)CC1)NC(=O)NC1CCCCC1. The van der Waals surface area contributed by atoms with Gasteiger partial charge in [-0.2, -0.15) is 0 Å². The van der Waals surface area contributed by atoms with Gasteiger partial charge >= 0.3 is 6.03 Å². The van der Waals surface area contributed by atoms with Crippen LogP contribution >= 0.6 is 0 Å². The lowest BCUT2D eigenvalue weighted by molar-refractivity contribution is -0.127. The Kier molecular flexibility index (Phi) is 8.13. The highest BCUT2D eigenvalue weighted by molar-refractivity contribution is 5.95. The smallest absolute Gasteiger partial charge is 0.321 e. The molecule has 2 aliphatic carbocycles. The van der Waals surface area contributed by atoms with Gasteiger partial charge in [0, 0.05) is 31.1 Å². The second-order valence-electron chi connectivity index (χ2n) is 8.75. The van der Waals surface area contributed by atoms with Crippen LogP contribution in [0.15, 0.2) is 0 Å². The molecule has 0 bridgehead atoms. The van der Waals surface area contributed by atoms with Gasteiger partial charge in [-0.15, -0.1) is 0 Å². The van der Waals surface area contributed by atoms with Crippen molar-refractivity contribution in [2.75, 3.05) is 19.6 Å². The standard InChI is InChI=1S/C21H36N4O3/c26-19(24-21(28)23-17-9-5-2-6-10-17)15-25-13-11-18(12-14-25)22-20(27)16-7-3-1-4-8-16/h16-18H,1-15H2,(H,22,27)(H2,23,24,26,28). The van der Waals surface area contributed by atoms with E-state index in [0.717, 1.165) is 64.5 Å². The highest BCUT2D eigenvalue weighted by Gasteiger charge is 2.26. The number of amides is 4. The van der Waals surface area contributed by atoms with Crippen LogP contribution in [0.3, 0.4) is 0 Å². The Morgan fingerprint density at radius 2 is 1.29 bits per heavy atom. The molecular weight excluding hydrogens is 356 g/mol. The van der Waals surface area contributed by atoms with E-state index in [1.54, 1.807) is 0 Å². The number of likely N-dealkylation sites (tertiary alicyclic amines) is 1. The van der Waals surface area contributed by atoms with Gasteiger partial charge in [-0.25, -0.2) is 4.79 Å². The average Bonchev–Trinajstić information content (AvgIpc) is 2.70. The number of urea groups is 1. The van der Waals surface area contributed by atoms with Gasteiger partial charge in [0.1, 0.15) is 0 Å². The van der Waals surface area contributed by atoms with Gasteiger partial charge in [-0.1, -0.05) is 38.5 Å². The van der Waals surface area contributed by atoms with Crippen molar-refractivity contribution in [3.8, 4) is 0 Å². The van der Waals surface area contributed by atoms with Crippen molar-refractivity contribution in [2.24, 2.45) is 5.92 Å². The van der Waals surface area contributed by atoms with E-state index in [4.69, 9.17) is 0 Å². The molecule has 7 nitrogen and oxygen atoms in total. The molecule has 1 aliphatic heterocycles. The van der Waals surface area contributed by atoms with E-state index in [0.29, 0.717) is 0 Å². The lowest BCUT2D eigenvalue weighted by Crippen LogP contribution is -2.51. The van der Waals surface area contributed by atoms with Gasteiger partial charge in [0.15, 0.2) is 0 Å². The highest BCUT2D eigenvalue weighted by Crippen LogP contribution is 2.24. The first-order valence-electron chi connectivity index (χ1n) is 11.2. The Balaban J connectivity index is 1.30. The topological polar surface area (TPSA) is 90.5 Å². The van der Waals surface area contributed by atoms with Crippen molar-refractivity contribution >= 4 is 17.8 Å². The number of piperidine rings is 1. The third-order valence-corrected chi connectivity index (χ3v) is 6.47. The largest absolute Gasteiger partial charge is 0.353 e. The van der Waals surface area contributed by atoms with Crippen LogP contribution in [-0.2, 0) is 9.59 Å². The molecule has 4 amide bonds. The predicted molar refractivity (Wildman–Crippen MR) is 108 cm³/mol. The summed E-state index contributed by atoms with van der Waals surface area (Å²) in [7, 11) is 0. The third kappa shape index (κ3) is 6.76. The van der Waals surface area contributed by atoms with Crippen LogP contribution in [-0.4, -0.2) is 54.5 Å². The van der Waals surface area contributed by atoms with Crippen molar-refractivity contribution in [2.45, 2.75) is 89.1 Å². The zero-order chi connectivity index (χ0) is 19.8. The van der Waals surface area contributed by atoms with E-state index in [1.807, 2.05) is 0 Å². The molecule has 3 rings (SSSR count). The van der Waals surface area contributed by atoms with Crippen molar-refractivity contribution < 1.29 is 14.4 Å². The number of carbonyl (C=O) groups is 3. The molecule has 0 radical (unpaired) electrons. The summed E-state index contributed by atoms with van der Waals surface area (Å²) in [4.78, 5) is 38.6. The molecular formula is C21H36N4O3. The molecule has 158 valence electrons. The fourth-order valence-electron chi connectivity index (χ4n) is 4.76. The van der Waals surface area contributed by atoms with E-state index in [1.165, 1.54) is 25.7 Å². The van der Waals surface area contributed by atoms with Crippen molar-refractivity contribution in [1.82, 2.24) is 20.9 Å². The molecule has 28 heavy (non-hydrogen) atoms. The molecule has 0 atom stereocenters. The molecule has 2 saturated carbocycles. The van der Waals surface area contributed by atoms with E-state index < -0.39 is 0 Å². The van der Waals surface area contributed by atoms with Gasteiger partial charge < -0.3 is 10.6 Å². The Hall–Kier alpha value is -1.63. The number of rotatable bonds is 5. The fraction of sp³-hybridized carbons (Fsp3) is 0.857. The Morgan fingerprint density at radius 1 is 0.714 bits per heavy atom. The summed E-state index contributed by atoms with van der Waals surface area (Å²) < 4.78 is 0. The Bertz CT molecular complexity index is 534. The number of carbonyl (C=O) groups excluding carboxylic acids is 3. The maximum absolute atomic E-state index is 12.4. The zero-order valence-corrected chi connectivity index (χ0v) is 17.0. The third-order valence-electron chi connectivity index (χ3n) is 6.47. The molecule has 0 aromatic carbocycles. The van der Waals surface area contributed by atoms with E-state index >= 15 is 0 Å². The first kappa shape index (κ1) is 21.1. The molecule has 1 saturated heterocycles. The number of hydrogen-bond acceptors (Lipinski definition) is 4. The summed E-state index contributed by atoms with van der Waals surface area (Å²) in [5, 5.41) is 8.58. The average molecular weight is 393 g/mol. The van der Waals surface area contributed by atoms with E-state index in [9.17, 15) is 14.4 Å². The predicted octanol–water partition coefficient (Wildman–Crippen LogP) is 2.31. The summed E-state index contributed by atoms with van der Waals surface area (Å²) in [6.07, 6.45) is 12.9. The number of imide groups is 1. The van der Waals surface area contributed by atoms with Crippen molar-refractivity contribution in [3.05, 3.63) is 0 Å². The molecule has 1 heterocycles. The van der Waals surface area contributed by atoms with Gasteiger partial charge in [0.25, 0.3) is 0 Å². The minimum atomic E-state index is -0.369. The van der Waals surface area contributed by atoms with Gasteiger partial charge in [0.05, 0.1) is 6.54 Å². The van der Waals surface area contributed by atoms with Gasteiger partial charge in [0.2, 0.25) is 11.8 Å². The molecule has 0 aromatic heterocycles. The molecule has 3 N–H and O–H groups in total. The maximum Gasteiger partial charge on any atom is 0.321 e. The van der Waals surface area contributed by atoms with Crippen molar-refractivity contribution in [1.29, 1.82) is 0 Å². The van der Waals surface area contributed by atoms with Gasteiger partial charge in [-0.05, 0) is 38.5 Å². The minimum Gasteiger partial charge on any atom is -0.353 e. The number of nitrogens with one attached hydrogen (secondary N) is 3. The fourth-order valence-corrected chi connectivity index (χ4v) is 4.76. The second kappa shape index (κ2) is 10.8. The zero-order valence-electron chi connectivity index (χ0n) is 17.0. The minimum absolute atomic E-state index is 0.195. The van der Waals surface area contributed by atoms with Gasteiger partial charge in [-0.3, -0.25) is 19.8 Å². The quantitative estimate of drug-likeness (QED) is 0.670. The van der Waals surface area contributed by atoms with Crippen LogP contribution in [0, 0.1) is 5.92 Å². The van der Waals surface area contributed by atoms with E-state index in [2.05, 4.69) is 20.9 Å². The molecule has 0 aromatic rings. The van der Waals surface area contributed by atoms with Crippen molar-refractivity contribution in [3.63, 3.8) is 0 Å². The van der Waals surface area contributed by atoms with Crippen LogP contribution in [0.25, 0.3) is 0 Å². The summed E-state index contributed by atoms with van der Waals surface area (Å²) in [5.41, 5.74) is 0. The molecule has 3 fully saturated rings. The summed E-state index contributed by atoms with van der Waals surface area (Å²) in [5.74, 6) is 0.161. The summed E-state index contributed by atoms with van der Waals surface area (Å²) >= 11 is 0. The Labute approximate surface area is 168 Å². The first-order chi connectivity index (χ1) is 13.6. The molecule has 0 spiro atoms.